The van der Waals surface area contributed by atoms with Crippen LogP contribution in [0, 0.1) is 0 Å². The minimum absolute atomic E-state index is 0.0629. The highest BCUT2D eigenvalue weighted by atomic mass is 28.2. The second kappa shape index (κ2) is 2.14. The summed E-state index contributed by atoms with van der Waals surface area (Å²) in [7, 11) is 6.38. The van der Waals surface area contributed by atoms with Crippen molar-refractivity contribution in [1.29, 1.82) is 0 Å². The van der Waals surface area contributed by atoms with Crippen molar-refractivity contribution in [3.8, 4) is 0 Å². The van der Waals surface area contributed by atoms with E-state index in [0.29, 0.717) is 0 Å². The van der Waals surface area contributed by atoms with Gasteiger partial charge >= 0.3 is 0 Å². The Balaban J connectivity index is 2.39. The van der Waals surface area contributed by atoms with Gasteiger partial charge in [0.05, 0.1) is 6.67 Å². The summed E-state index contributed by atoms with van der Waals surface area (Å²) in [5.74, 6) is 0. The van der Waals surface area contributed by atoms with E-state index in [0.717, 1.165) is 6.67 Å². The van der Waals surface area contributed by atoms with E-state index in [2.05, 4.69) is 35.4 Å². The Kier molecular flexibility index (Phi) is 1.67. The summed E-state index contributed by atoms with van der Waals surface area (Å²) < 4.78 is 4.71. The molecule has 1 aliphatic rings. The minimum atomic E-state index is -0.0629. The Morgan fingerprint density at radius 2 is 1.88 bits per heavy atom. The van der Waals surface area contributed by atoms with Crippen LogP contribution in [-0.2, 0) is 0 Å². The summed E-state index contributed by atoms with van der Waals surface area (Å²) >= 11 is 0. The molecular formula is C4H13N3Si. The number of nitrogens with zero attached hydrogens (tertiary/aromatic N) is 3. The second-order valence-electron chi connectivity index (χ2n) is 2.45. The lowest BCUT2D eigenvalue weighted by molar-refractivity contribution is 0.134. The molecule has 1 fully saturated rings. The van der Waals surface area contributed by atoms with Crippen LogP contribution in [0.25, 0.3) is 0 Å². The molecule has 0 spiro atoms. The van der Waals surface area contributed by atoms with E-state index in [9.17, 15) is 0 Å². The fourth-order valence-electron chi connectivity index (χ4n) is 0.959. The van der Waals surface area contributed by atoms with Gasteiger partial charge < -0.3 is 4.57 Å². The molecule has 0 amide bonds. The molecule has 0 atom stereocenters. The molecule has 0 radical (unpaired) electrons. The van der Waals surface area contributed by atoms with Crippen LogP contribution in [-0.4, -0.2) is 51.9 Å². The first-order valence-electron chi connectivity index (χ1n) is 2.81. The third-order valence-electron chi connectivity index (χ3n) is 1.48. The van der Waals surface area contributed by atoms with Crippen LogP contribution in [0.5, 0.6) is 0 Å². The van der Waals surface area contributed by atoms with Crippen molar-refractivity contribution in [3.05, 3.63) is 0 Å². The molecule has 1 rings (SSSR count). The zero-order valence-corrected chi connectivity index (χ0v) is 7.17. The van der Waals surface area contributed by atoms with Crippen LogP contribution in [0.1, 0.15) is 0 Å². The van der Waals surface area contributed by atoms with E-state index in [4.69, 9.17) is 0 Å². The summed E-state index contributed by atoms with van der Waals surface area (Å²) in [5.41, 5.74) is 0. The topological polar surface area (TPSA) is 9.72 Å². The van der Waals surface area contributed by atoms with Crippen LogP contribution in [0.3, 0.4) is 0 Å². The van der Waals surface area contributed by atoms with Crippen LogP contribution in [0.2, 0.25) is 0 Å². The van der Waals surface area contributed by atoms with E-state index in [-0.39, 0.29) is 9.84 Å². The third-order valence-corrected chi connectivity index (χ3v) is 3.05. The number of hydrogen-bond donors (Lipinski definition) is 0. The molecule has 48 valence electrons. The molecule has 4 heteroatoms. The summed E-state index contributed by atoms with van der Waals surface area (Å²) in [4.78, 5) is 0. The minimum Gasteiger partial charge on any atom is -0.305 e. The van der Waals surface area contributed by atoms with Gasteiger partial charge in [0, 0.05) is 7.05 Å². The molecule has 0 aliphatic carbocycles. The van der Waals surface area contributed by atoms with Crippen molar-refractivity contribution in [2.24, 2.45) is 0 Å². The van der Waals surface area contributed by atoms with Crippen molar-refractivity contribution < 1.29 is 0 Å². The van der Waals surface area contributed by atoms with Gasteiger partial charge in [-0.2, -0.15) is 0 Å². The van der Waals surface area contributed by atoms with Gasteiger partial charge in [0.2, 0.25) is 0 Å². The summed E-state index contributed by atoms with van der Waals surface area (Å²) in [6, 6.07) is 0. The van der Waals surface area contributed by atoms with E-state index in [1.54, 1.807) is 0 Å². The highest BCUT2D eigenvalue weighted by Crippen LogP contribution is 1.99. The molecular weight excluding hydrogens is 118 g/mol. The first-order valence-corrected chi connectivity index (χ1v) is 4.07. The first-order chi connectivity index (χ1) is 3.70. The molecule has 1 heterocycles. The van der Waals surface area contributed by atoms with Crippen molar-refractivity contribution >= 4 is 9.84 Å². The normalized spacial score (nSPS) is 30.4. The maximum atomic E-state index is 2.39. The van der Waals surface area contributed by atoms with Gasteiger partial charge in [-0.15, -0.1) is 0 Å². The Labute approximate surface area is 52.8 Å². The lowest BCUT2D eigenvalue weighted by Crippen LogP contribution is -2.30. The van der Waals surface area contributed by atoms with Gasteiger partial charge in [0.15, 0.2) is 9.84 Å². The second-order valence-corrected chi connectivity index (χ2v) is 4.73. The zero-order valence-electron chi connectivity index (χ0n) is 5.76. The Bertz CT molecular complexity index is 77.4. The van der Waals surface area contributed by atoms with Gasteiger partial charge in [0.1, 0.15) is 0 Å². The molecule has 8 heavy (non-hydrogen) atoms. The maximum absolute atomic E-state index is 2.39. The Morgan fingerprint density at radius 1 is 1.25 bits per heavy atom. The van der Waals surface area contributed by atoms with Crippen LogP contribution in [0.4, 0.5) is 0 Å². The SMILES string of the molecule is CN1CN(C)N(C)[SiH2]1. The maximum Gasteiger partial charge on any atom is 0.188 e. The van der Waals surface area contributed by atoms with Gasteiger partial charge in [0.25, 0.3) is 0 Å². The van der Waals surface area contributed by atoms with Crippen molar-refractivity contribution in [2.75, 3.05) is 27.8 Å². The largest absolute Gasteiger partial charge is 0.305 e. The van der Waals surface area contributed by atoms with Gasteiger partial charge in [-0.3, -0.25) is 4.67 Å². The van der Waals surface area contributed by atoms with Crippen LogP contribution >= 0.6 is 0 Å². The van der Waals surface area contributed by atoms with Crippen molar-refractivity contribution in [3.63, 3.8) is 0 Å². The standard InChI is InChI=1S/C4H13N3Si/c1-5-4-6(2)8-7(5)3/h4,8H2,1-3H3. The average Bonchev–Trinajstić information content (AvgIpc) is 1.85. The third kappa shape index (κ3) is 1.08. The lowest BCUT2D eigenvalue weighted by atomic mass is 10.9. The molecule has 0 bridgehead atoms. The molecule has 1 saturated heterocycles. The highest BCUT2D eigenvalue weighted by molar-refractivity contribution is 6.28. The van der Waals surface area contributed by atoms with E-state index < -0.39 is 0 Å². The smallest absolute Gasteiger partial charge is 0.188 e. The molecule has 0 aromatic heterocycles. The molecule has 0 saturated carbocycles. The first kappa shape index (κ1) is 6.22. The summed E-state index contributed by atoms with van der Waals surface area (Å²) in [5, 5.41) is 2.24. The number of rotatable bonds is 0. The summed E-state index contributed by atoms with van der Waals surface area (Å²) in [6.07, 6.45) is 0. The quantitative estimate of drug-likeness (QED) is 0.377. The molecule has 0 aromatic carbocycles. The van der Waals surface area contributed by atoms with Crippen LogP contribution in [0.15, 0.2) is 0 Å². The molecule has 0 N–H and O–H groups in total. The average molecular weight is 131 g/mol. The molecule has 0 aromatic rings. The number of hydrogen-bond acceptors (Lipinski definition) is 3. The number of hydrazine groups is 1. The molecule has 1 aliphatic heterocycles. The van der Waals surface area contributed by atoms with E-state index in [1.807, 2.05) is 0 Å². The fourth-order valence-corrected chi connectivity index (χ4v) is 2.34. The van der Waals surface area contributed by atoms with Crippen molar-refractivity contribution in [2.45, 2.75) is 0 Å². The van der Waals surface area contributed by atoms with Gasteiger partial charge in [-0.05, 0) is 14.1 Å². The predicted octanol–water partition coefficient (Wildman–Crippen LogP) is -1.33. The highest BCUT2D eigenvalue weighted by Gasteiger charge is 2.17. The predicted molar refractivity (Wildman–Crippen MR) is 36.7 cm³/mol. The van der Waals surface area contributed by atoms with E-state index in [1.165, 1.54) is 0 Å². The Hall–Kier alpha value is 0.0969. The Morgan fingerprint density at radius 3 is 2.00 bits per heavy atom. The zero-order chi connectivity index (χ0) is 6.15. The van der Waals surface area contributed by atoms with E-state index >= 15 is 0 Å². The van der Waals surface area contributed by atoms with Gasteiger partial charge in [-0.1, -0.05) is 0 Å². The fraction of sp³-hybridized carbons (Fsp3) is 1.00. The summed E-state index contributed by atoms with van der Waals surface area (Å²) in [6.45, 7) is 1.11. The monoisotopic (exact) mass is 131 g/mol. The molecule has 3 nitrogen and oxygen atoms in total. The van der Waals surface area contributed by atoms with Gasteiger partial charge in [-0.25, -0.2) is 5.01 Å². The molecule has 0 unspecified atom stereocenters. The van der Waals surface area contributed by atoms with Crippen LogP contribution < -0.4 is 0 Å². The lowest BCUT2D eigenvalue weighted by Gasteiger charge is -2.15. The van der Waals surface area contributed by atoms with Crippen molar-refractivity contribution in [1.82, 2.24) is 14.2 Å².